The highest BCUT2D eigenvalue weighted by Crippen LogP contribution is 2.38. The summed E-state index contributed by atoms with van der Waals surface area (Å²) in [6.07, 6.45) is 1.80. The summed E-state index contributed by atoms with van der Waals surface area (Å²) in [5, 5.41) is 7.13. The van der Waals surface area contributed by atoms with E-state index in [2.05, 4.69) is 31.7 Å². The maximum absolute atomic E-state index is 6.22. The molecular weight excluding hydrogens is 372 g/mol. The highest BCUT2D eigenvalue weighted by Gasteiger charge is 2.19. The number of nitrogens with zero attached hydrogens (tertiary/aromatic N) is 4. The fraction of sp³-hybridized carbons (Fsp3) is 0.100. The first-order valence-corrected chi connectivity index (χ1v) is 9.50. The normalized spacial score (nSPS) is 11.5. The third-order valence-electron chi connectivity index (χ3n) is 4.71. The highest BCUT2D eigenvalue weighted by molar-refractivity contribution is 7.23. The molecule has 0 unspecified atom stereocenters. The summed E-state index contributed by atoms with van der Waals surface area (Å²) in [7, 11) is 1.66. The molecule has 0 aliphatic carbocycles. The molecule has 5 rings (SSSR count). The van der Waals surface area contributed by atoms with E-state index in [0.717, 1.165) is 37.6 Å². The average Bonchev–Trinajstić information content (AvgIpc) is 3.42. The summed E-state index contributed by atoms with van der Waals surface area (Å²) in [6.45, 7) is 4.76. The molecular formula is C20H17N6OS. The van der Waals surface area contributed by atoms with Gasteiger partial charge in [-0.2, -0.15) is 5.10 Å². The maximum Gasteiger partial charge on any atom is 0.152 e. The van der Waals surface area contributed by atoms with Crippen molar-refractivity contribution in [1.29, 1.82) is 0 Å². The van der Waals surface area contributed by atoms with Gasteiger partial charge in [0.05, 0.1) is 27.7 Å². The summed E-state index contributed by atoms with van der Waals surface area (Å²) in [6, 6.07) is 11.9. The maximum atomic E-state index is 6.22. The zero-order valence-electron chi connectivity index (χ0n) is 15.1. The molecule has 0 amide bonds. The van der Waals surface area contributed by atoms with E-state index in [1.807, 2.05) is 36.4 Å². The molecule has 4 heterocycles. The summed E-state index contributed by atoms with van der Waals surface area (Å²) >= 11 is 1.63. The van der Waals surface area contributed by atoms with E-state index in [1.54, 1.807) is 24.6 Å². The van der Waals surface area contributed by atoms with Gasteiger partial charge in [-0.1, -0.05) is 12.1 Å². The van der Waals surface area contributed by atoms with E-state index < -0.39 is 0 Å². The van der Waals surface area contributed by atoms with Gasteiger partial charge in [-0.05, 0) is 29.8 Å². The van der Waals surface area contributed by atoms with Crippen LogP contribution in [0.15, 0.2) is 42.6 Å². The number of aromatic nitrogens is 5. The van der Waals surface area contributed by atoms with Gasteiger partial charge in [-0.25, -0.2) is 9.97 Å². The zero-order valence-corrected chi connectivity index (χ0v) is 16.0. The van der Waals surface area contributed by atoms with Crippen molar-refractivity contribution in [2.24, 2.45) is 0 Å². The van der Waals surface area contributed by atoms with Crippen molar-refractivity contribution in [1.82, 2.24) is 24.7 Å². The third kappa shape index (κ3) is 2.61. The number of pyridine rings is 1. The third-order valence-corrected chi connectivity index (χ3v) is 5.86. The Morgan fingerprint density at radius 2 is 2.04 bits per heavy atom. The van der Waals surface area contributed by atoms with Crippen LogP contribution in [0.5, 0.6) is 5.75 Å². The van der Waals surface area contributed by atoms with E-state index in [0.29, 0.717) is 23.7 Å². The van der Waals surface area contributed by atoms with E-state index in [9.17, 15) is 0 Å². The minimum Gasteiger partial charge on any atom is -0.497 e. The molecule has 4 aromatic heterocycles. The van der Waals surface area contributed by atoms with Gasteiger partial charge in [-0.3, -0.25) is 5.10 Å². The number of anilines is 1. The number of ether oxygens (including phenoxy) is 1. The number of thiophene rings is 1. The van der Waals surface area contributed by atoms with Gasteiger partial charge in [-0.15, -0.1) is 11.3 Å². The van der Waals surface area contributed by atoms with Gasteiger partial charge >= 0.3 is 0 Å². The zero-order chi connectivity index (χ0) is 19.3. The molecule has 0 saturated carbocycles. The Morgan fingerprint density at radius 3 is 2.75 bits per heavy atom. The molecule has 7 nitrogen and oxygen atoms in total. The quantitative estimate of drug-likeness (QED) is 0.487. The topological polar surface area (TPSA) is 94.6 Å². The molecule has 0 bridgehead atoms. The standard InChI is InChI=1S/C20H17N6OS/c1-11-23-17-18(26(11)10-12-3-5-13(27-2)6-4-12)19-15(24-20(17)21)9-16(28-19)14-7-8-22-25-14/h3-9H,1,10H2,2H3,(H2,21,24)(H,22,25). The lowest BCUT2D eigenvalue weighted by Gasteiger charge is -2.09. The van der Waals surface area contributed by atoms with Crippen molar-refractivity contribution in [3.8, 4) is 16.3 Å². The Morgan fingerprint density at radius 1 is 1.21 bits per heavy atom. The van der Waals surface area contributed by atoms with Crippen LogP contribution in [-0.2, 0) is 6.54 Å². The van der Waals surface area contributed by atoms with Crippen LogP contribution in [0.2, 0.25) is 0 Å². The van der Waals surface area contributed by atoms with Gasteiger partial charge in [0.15, 0.2) is 5.82 Å². The Bertz CT molecular complexity index is 1280. The number of rotatable bonds is 4. The average molecular weight is 389 g/mol. The molecule has 139 valence electrons. The van der Waals surface area contributed by atoms with Crippen LogP contribution in [0.3, 0.4) is 0 Å². The van der Waals surface area contributed by atoms with Crippen LogP contribution in [0.25, 0.3) is 31.8 Å². The fourth-order valence-electron chi connectivity index (χ4n) is 3.33. The number of nitrogen functional groups attached to an aromatic ring is 1. The minimum atomic E-state index is 0.409. The van der Waals surface area contributed by atoms with Crippen molar-refractivity contribution >= 4 is 38.4 Å². The monoisotopic (exact) mass is 389 g/mol. The van der Waals surface area contributed by atoms with Crippen LogP contribution < -0.4 is 10.5 Å². The molecule has 1 radical (unpaired) electrons. The molecule has 3 N–H and O–H groups in total. The molecule has 8 heteroatoms. The summed E-state index contributed by atoms with van der Waals surface area (Å²) in [5.74, 6) is 1.89. The van der Waals surface area contributed by atoms with Crippen molar-refractivity contribution in [2.45, 2.75) is 6.54 Å². The number of imidazole rings is 1. The SMILES string of the molecule is [CH2]c1nc2c(N)nc3cc(-c4cc[nH]n4)sc3c2n1Cc1ccc(OC)cc1. The van der Waals surface area contributed by atoms with Crippen LogP contribution in [0.1, 0.15) is 11.4 Å². The molecule has 1 aromatic carbocycles. The molecule has 0 fully saturated rings. The Balaban J connectivity index is 1.70. The lowest BCUT2D eigenvalue weighted by atomic mass is 10.2. The number of nitrogens with two attached hydrogens (primary N) is 1. The summed E-state index contributed by atoms with van der Waals surface area (Å²) in [5.41, 5.74) is 10.7. The van der Waals surface area contributed by atoms with Gasteiger partial charge in [0.2, 0.25) is 0 Å². The number of hydrogen-bond acceptors (Lipinski definition) is 6. The predicted molar refractivity (Wildman–Crippen MR) is 111 cm³/mol. The van der Waals surface area contributed by atoms with Crippen molar-refractivity contribution in [3.05, 3.63) is 60.9 Å². The van der Waals surface area contributed by atoms with Crippen molar-refractivity contribution in [3.63, 3.8) is 0 Å². The van der Waals surface area contributed by atoms with Crippen LogP contribution in [-0.4, -0.2) is 31.8 Å². The Hall–Kier alpha value is -3.39. The highest BCUT2D eigenvalue weighted by atomic mass is 32.1. The smallest absolute Gasteiger partial charge is 0.152 e. The lowest BCUT2D eigenvalue weighted by molar-refractivity contribution is 0.414. The molecule has 5 aromatic rings. The molecule has 0 spiro atoms. The second-order valence-electron chi connectivity index (χ2n) is 6.44. The van der Waals surface area contributed by atoms with Crippen molar-refractivity contribution in [2.75, 3.05) is 12.8 Å². The number of nitrogens with one attached hydrogen (secondary N) is 1. The lowest BCUT2D eigenvalue weighted by Crippen LogP contribution is -2.02. The first kappa shape index (κ1) is 16.8. The second kappa shape index (κ2) is 6.35. The predicted octanol–water partition coefficient (Wildman–Crippen LogP) is 3.86. The minimum absolute atomic E-state index is 0.409. The molecule has 0 atom stereocenters. The van der Waals surface area contributed by atoms with E-state index in [4.69, 9.17) is 10.5 Å². The second-order valence-corrected chi connectivity index (χ2v) is 7.49. The number of hydrogen-bond donors (Lipinski definition) is 2. The number of aromatic amines is 1. The van der Waals surface area contributed by atoms with E-state index >= 15 is 0 Å². The number of benzene rings is 1. The van der Waals surface area contributed by atoms with E-state index in [1.165, 1.54) is 0 Å². The van der Waals surface area contributed by atoms with Crippen molar-refractivity contribution < 1.29 is 4.74 Å². The Kier molecular flexibility index (Phi) is 3.80. The molecule has 0 saturated heterocycles. The Labute approximate surface area is 164 Å². The largest absolute Gasteiger partial charge is 0.497 e. The number of H-pyrrole nitrogens is 1. The van der Waals surface area contributed by atoms with Crippen LogP contribution in [0.4, 0.5) is 5.82 Å². The van der Waals surface area contributed by atoms with E-state index in [-0.39, 0.29) is 0 Å². The van der Waals surface area contributed by atoms with Gasteiger partial charge in [0, 0.05) is 19.7 Å². The van der Waals surface area contributed by atoms with Crippen LogP contribution in [0, 0.1) is 6.92 Å². The first-order valence-electron chi connectivity index (χ1n) is 8.68. The summed E-state index contributed by atoms with van der Waals surface area (Å²) in [4.78, 5) is 10.2. The number of fused-ring (bicyclic) bond motifs is 3. The fourth-order valence-corrected chi connectivity index (χ4v) is 4.45. The molecule has 0 aliphatic heterocycles. The molecule has 0 aliphatic rings. The van der Waals surface area contributed by atoms with Gasteiger partial charge in [0.1, 0.15) is 22.8 Å². The van der Waals surface area contributed by atoms with Crippen LogP contribution >= 0.6 is 11.3 Å². The van der Waals surface area contributed by atoms with Gasteiger partial charge < -0.3 is 15.0 Å². The molecule has 28 heavy (non-hydrogen) atoms. The number of methoxy groups -OCH3 is 1. The summed E-state index contributed by atoms with van der Waals surface area (Å²) < 4.78 is 8.36. The van der Waals surface area contributed by atoms with Gasteiger partial charge in [0.25, 0.3) is 0 Å². The first-order chi connectivity index (χ1) is 13.6.